The molecule has 0 bridgehead atoms. The highest BCUT2D eigenvalue weighted by Crippen LogP contribution is 1.91. The zero-order valence-electron chi connectivity index (χ0n) is 6.64. The fourth-order valence-electron chi connectivity index (χ4n) is 0.260. The molecule has 0 aliphatic heterocycles. The molecular formula is C7H15NO. The van der Waals surface area contributed by atoms with E-state index in [1.807, 2.05) is 20.8 Å². The summed E-state index contributed by atoms with van der Waals surface area (Å²) in [6.45, 7) is 7.95. The van der Waals surface area contributed by atoms with Gasteiger partial charge in [0.15, 0.2) is 0 Å². The lowest BCUT2D eigenvalue weighted by atomic mass is 10.3. The second-order valence-electron chi connectivity index (χ2n) is 2.33. The van der Waals surface area contributed by atoms with Crippen molar-refractivity contribution in [1.29, 1.82) is 0 Å². The molecule has 0 saturated heterocycles. The lowest BCUT2D eigenvalue weighted by Crippen LogP contribution is -1.98. The SMILES string of the molecule is CC/C(C)=N\OC(C)C. The Morgan fingerprint density at radius 1 is 1.56 bits per heavy atom. The van der Waals surface area contributed by atoms with E-state index in [1.54, 1.807) is 0 Å². The van der Waals surface area contributed by atoms with Crippen molar-refractivity contribution in [1.82, 2.24) is 0 Å². The summed E-state index contributed by atoms with van der Waals surface area (Å²) in [5.41, 5.74) is 1.05. The van der Waals surface area contributed by atoms with Gasteiger partial charge in [0.1, 0.15) is 6.10 Å². The Hall–Kier alpha value is -0.530. The molecule has 0 aliphatic carbocycles. The van der Waals surface area contributed by atoms with Crippen LogP contribution in [0.4, 0.5) is 0 Å². The Kier molecular flexibility index (Phi) is 4.10. The van der Waals surface area contributed by atoms with E-state index >= 15 is 0 Å². The van der Waals surface area contributed by atoms with Gasteiger partial charge in [-0.1, -0.05) is 12.1 Å². The smallest absolute Gasteiger partial charge is 0.122 e. The van der Waals surface area contributed by atoms with Crippen molar-refractivity contribution in [2.45, 2.75) is 40.2 Å². The average Bonchev–Trinajstić information content (AvgIpc) is 1.83. The van der Waals surface area contributed by atoms with Gasteiger partial charge in [0.05, 0.1) is 5.71 Å². The van der Waals surface area contributed by atoms with Crippen molar-refractivity contribution in [2.75, 3.05) is 0 Å². The minimum absolute atomic E-state index is 0.200. The van der Waals surface area contributed by atoms with E-state index in [1.165, 1.54) is 0 Å². The first kappa shape index (κ1) is 8.47. The number of oxime groups is 1. The molecule has 9 heavy (non-hydrogen) atoms. The Morgan fingerprint density at radius 2 is 2.11 bits per heavy atom. The molecule has 0 spiro atoms. The molecule has 0 fully saturated rings. The van der Waals surface area contributed by atoms with E-state index in [4.69, 9.17) is 4.84 Å². The van der Waals surface area contributed by atoms with Crippen LogP contribution in [0.25, 0.3) is 0 Å². The van der Waals surface area contributed by atoms with Gasteiger partial charge in [0.2, 0.25) is 0 Å². The second kappa shape index (κ2) is 4.36. The van der Waals surface area contributed by atoms with Crippen molar-refractivity contribution in [3.8, 4) is 0 Å². The first-order valence-corrected chi connectivity index (χ1v) is 3.36. The van der Waals surface area contributed by atoms with Crippen LogP contribution >= 0.6 is 0 Å². The molecule has 0 N–H and O–H groups in total. The summed E-state index contributed by atoms with van der Waals surface area (Å²) in [5.74, 6) is 0. The van der Waals surface area contributed by atoms with Crippen molar-refractivity contribution in [2.24, 2.45) is 5.16 Å². The molecular weight excluding hydrogens is 114 g/mol. The van der Waals surface area contributed by atoms with Crippen molar-refractivity contribution < 1.29 is 4.84 Å². The van der Waals surface area contributed by atoms with Gasteiger partial charge in [-0.2, -0.15) is 0 Å². The first-order chi connectivity index (χ1) is 4.16. The molecule has 0 aromatic rings. The largest absolute Gasteiger partial charge is 0.393 e. The van der Waals surface area contributed by atoms with Crippen molar-refractivity contribution in [3.05, 3.63) is 0 Å². The van der Waals surface area contributed by atoms with E-state index < -0.39 is 0 Å². The van der Waals surface area contributed by atoms with E-state index in [0.29, 0.717) is 0 Å². The molecule has 2 nitrogen and oxygen atoms in total. The summed E-state index contributed by atoms with van der Waals surface area (Å²) in [4.78, 5) is 4.98. The van der Waals surface area contributed by atoms with Gasteiger partial charge in [-0.25, -0.2) is 0 Å². The van der Waals surface area contributed by atoms with Crippen LogP contribution in [-0.2, 0) is 4.84 Å². The standard InChI is InChI=1S/C7H15NO/c1-5-7(4)8-9-6(2)3/h6H,5H2,1-4H3/b8-7-. The summed E-state index contributed by atoms with van der Waals surface area (Å²) in [7, 11) is 0. The van der Waals surface area contributed by atoms with Crippen LogP contribution in [0.5, 0.6) is 0 Å². The summed E-state index contributed by atoms with van der Waals surface area (Å²) >= 11 is 0. The van der Waals surface area contributed by atoms with E-state index in [-0.39, 0.29) is 6.10 Å². The number of rotatable bonds is 3. The van der Waals surface area contributed by atoms with Crippen LogP contribution < -0.4 is 0 Å². The predicted molar refractivity (Wildman–Crippen MR) is 39.6 cm³/mol. The Labute approximate surface area is 56.9 Å². The predicted octanol–water partition coefficient (Wildman–Crippen LogP) is 2.20. The number of hydrogen-bond donors (Lipinski definition) is 0. The molecule has 0 heterocycles. The van der Waals surface area contributed by atoms with Crippen LogP contribution in [0.1, 0.15) is 34.1 Å². The molecule has 0 atom stereocenters. The molecule has 0 radical (unpaired) electrons. The third kappa shape index (κ3) is 5.34. The van der Waals surface area contributed by atoms with Crippen LogP contribution in [0.15, 0.2) is 5.16 Å². The van der Waals surface area contributed by atoms with Gasteiger partial charge in [-0.15, -0.1) is 0 Å². The zero-order chi connectivity index (χ0) is 7.28. The summed E-state index contributed by atoms with van der Waals surface area (Å²) in [6.07, 6.45) is 1.17. The highest BCUT2D eigenvalue weighted by atomic mass is 16.6. The first-order valence-electron chi connectivity index (χ1n) is 3.36. The fraction of sp³-hybridized carbons (Fsp3) is 0.857. The molecule has 2 heteroatoms. The lowest BCUT2D eigenvalue weighted by molar-refractivity contribution is 0.0854. The highest BCUT2D eigenvalue weighted by molar-refractivity contribution is 5.80. The van der Waals surface area contributed by atoms with Crippen LogP contribution in [0.3, 0.4) is 0 Å². The third-order valence-corrected chi connectivity index (χ3v) is 0.931. The van der Waals surface area contributed by atoms with Gasteiger partial charge in [0, 0.05) is 0 Å². The minimum atomic E-state index is 0.200. The zero-order valence-corrected chi connectivity index (χ0v) is 6.64. The maximum atomic E-state index is 4.98. The van der Waals surface area contributed by atoms with Crippen molar-refractivity contribution in [3.63, 3.8) is 0 Å². The van der Waals surface area contributed by atoms with E-state index in [9.17, 15) is 0 Å². The molecule has 0 amide bonds. The molecule has 0 unspecified atom stereocenters. The third-order valence-electron chi connectivity index (χ3n) is 0.931. The van der Waals surface area contributed by atoms with Gasteiger partial charge in [-0.3, -0.25) is 0 Å². The van der Waals surface area contributed by atoms with E-state index in [2.05, 4.69) is 12.1 Å². The topological polar surface area (TPSA) is 21.6 Å². The maximum absolute atomic E-state index is 4.98. The molecule has 0 rings (SSSR count). The van der Waals surface area contributed by atoms with Gasteiger partial charge < -0.3 is 4.84 Å². The quantitative estimate of drug-likeness (QED) is 0.423. The molecule has 54 valence electrons. The Balaban J connectivity index is 3.43. The molecule has 0 aromatic carbocycles. The van der Waals surface area contributed by atoms with Crippen LogP contribution in [-0.4, -0.2) is 11.8 Å². The van der Waals surface area contributed by atoms with Crippen molar-refractivity contribution >= 4 is 5.71 Å². The van der Waals surface area contributed by atoms with Gasteiger partial charge >= 0.3 is 0 Å². The monoisotopic (exact) mass is 129 g/mol. The average molecular weight is 129 g/mol. The number of nitrogens with zero attached hydrogens (tertiary/aromatic N) is 1. The Morgan fingerprint density at radius 3 is 2.44 bits per heavy atom. The van der Waals surface area contributed by atoms with Crippen LogP contribution in [0.2, 0.25) is 0 Å². The van der Waals surface area contributed by atoms with Gasteiger partial charge in [-0.05, 0) is 27.2 Å². The minimum Gasteiger partial charge on any atom is -0.393 e. The molecule has 0 aliphatic rings. The normalized spacial score (nSPS) is 12.3. The van der Waals surface area contributed by atoms with Gasteiger partial charge in [0.25, 0.3) is 0 Å². The van der Waals surface area contributed by atoms with E-state index in [0.717, 1.165) is 12.1 Å². The summed E-state index contributed by atoms with van der Waals surface area (Å²) in [5, 5.41) is 3.86. The Bertz CT molecular complexity index is 97.1. The molecule has 0 saturated carbocycles. The molecule has 0 aromatic heterocycles. The maximum Gasteiger partial charge on any atom is 0.122 e. The van der Waals surface area contributed by atoms with Crippen LogP contribution in [0, 0.1) is 0 Å². The highest BCUT2D eigenvalue weighted by Gasteiger charge is 1.89. The summed E-state index contributed by atoms with van der Waals surface area (Å²) < 4.78 is 0. The number of hydrogen-bond acceptors (Lipinski definition) is 2. The lowest BCUT2D eigenvalue weighted by Gasteiger charge is -2.01. The summed E-state index contributed by atoms with van der Waals surface area (Å²) in [6, 6.07) is 0. The fourth-order valence-corrected chi connectivity index (χ4v) is 0.260. The second-order valence-corrected chi connectivity index (χ2v) is 2.33.